The molecule has 1 aliphatic rings. The minimum absolute atomic E-state index is 0.114. The maximum atomic E-state index is 12.6. The molecule has 0 aliphatic carbocycles. The summed E-state index contributed by atoms with van der Waals surface area (Å²) in [6, 6.07) is 0. The van der Waals surface area contributed by atoms with E-state index < -0.39 is 24.7 Å². The summed E-state index contributed by atoms with van der Waals surface area (Å²) in [5.41, 5.74) is 1.00. The molecule has 1 saturated heterocycles. The molecule has 8 heteroatoms. The molecule has 1 atom stereocenters. The first-order valence-corrected chi connectivity index (χ1v) is 6.43. The van der Waals surface area contributed by atoms with Crippen molar-refractivity contribution in [1.29, 1.82) is 0 Å². The number of alkyl halides is 3. The van der Waals surface area contributed by atoms with Crippen LogP contribution in [0.2, 0.25) is 0 Å². The summed E-state index contributed by atoms with van der Waals surface area (Å²) in [4.78, 5) is 13.4. The lowest BCUT2D eigenvalue weighted by Crippen LogP contribution is -2.51. The molecule has 0 aromatic carbocycles. The van der Waals surface area contributed by atoms with E-state index in [-0.39, 0.29) is 13.2 Å². The van der Waals surface area contributed by atoms with Crippen molar-refractivity contribution in [2.45, 2.75) is 32.0 Å². The van der Waals surface area contributed by atoms with Gasteiger partial charge < -0.3 is 9.64 Å². The first-order chi connectivity index (χ1) is 9.43. The van der Waals surface area contributed by atoms with Crippen LogP contribution in [0.15, 0.2) is 6.20 Å². The van der Waals surface area contributed by atoms with Crippen LogP contribution in [0.1, 0.15) is 29.4 Å². The Morgan fingerprint density at radius 3 is 3.00 bits per heavy atom. The van der Waals surface area contributed by atoms with E-state index in [0.29, 0.717) is 17.7 Å². The van der Waals surface area contributed by atoms with Crippen LogP contribution >= 0.6 is 0 Å². The van der Waals surface area contributed by atoms with Gasteiger partial charge in [0, 0.05) is 12.2 Å². The topological polar surface area (TPSA) is 58.2 Å². The highest BCUT2D eigenvalue weighted by atomic mass is 19.4. The summed E-state index contributed by atoms with van der Waals surface area (Å²) in [6.45, 7) is 1.52. The van der Waals surface area contributed by atoms with Crippen LogP contribution in [0.4, 0.5) is 13.2 Å². The zero-order chi connectivity index (χ0) is 14.8. The Morgan fingerprint density at radius 2 is 2.35 bits per heavy atom. The van der Waals surface area contributed by atoms with Crippen LogP contribution in [-0.2, 0) is 11.2 Å². The van der Waals surface area contributed by atoms with E-state index in [2.05, 4.69) is 14.9 Å². The SMILES string of the molecule is CCCc1[nH]ncc1C(=O)N1CCO[C@H](C(F)(F)F)C1. The monoisotopic (exact) mass is 291 g/mol. The van der Waals surface area contributed by atoms with Crippen molar-refractivity contribution in [1.82, 2.24) is 15.1 Å². The van der Waals surface area contributed by atoms with Crippen molar-refractivity contribution in [3.8, 4) is 0 Å². The lowest BCUT2D eigenvalue weighted by atomic mass is 10.1. The Balaban J connectivity index is 2.10. The van der Waals surface area contributed by atoms with Gasteiger partial charge in [-0.05, 0) is 6.42 Å². The third-order valence-electron chi connectivity index (χ3n) is 3.17. The number of halogens is 3. The van der Waals surface area contributed by atoms with Crippen LogP contribution < -0.4 is 0 Å². The largest absolute Gasteiger partial charge is 0.416 e. The van der Waals surface area contributed by atoms with E-state index in [0.717, 1.165) is 6.42 Å². The lowest BCUT2D eigenvalue weighted by Gasteiger charge is -2.33. The number of H-pyrrole nitrogens is 1. The highest BCUT2D eigenvalue weighted by Gasteiger charge is 2.44. The number of morpholine rings is 1. The highest BCUT2D eigenvalue weighted by molar-refractivity contribution is 5.95. The fourth-order valence-electron chi connectivity index (χ4n) is 2.14. The normalized spacial score (nSPS) is 20.2. The number of nitrogens with zero attached hydrogens (tertiary/aromatic N) is 2. The van der Waals surface area contributed by atoms with Gasteiger partial charge in [0.05, 0.1) is 24.9 Å². The van der Waals surface area contributed by atoms with Gasteiger partial charge in [0.15, 0.2) is 6.10 Å². The third kappa shape index (κ3) is 3.12. The summed E-state index contributed by atoms with van der Waals surface area (Å²) in [7, 11) is 0. The number of carbonyl (C=O) groups is 1. The van der Waals surface area contributed by atoms with Crippen molar-refractivity contribution in [3.05, 3.63) is 17.5 Å². The Labute approximate surface area is 114 Å². The van der Waals surface area contributed by atoms with Gasteiger partial charge in [0.2, 0.25) is 0 Å². The zero-order valence-corrected chi connectivity index (χ0v) is 11.0. The van der Waals surface area contributed by atoms with Crippen LogP contribution in [0.25, 0.3) is 0 Å². The molecule has 5 nitrogen and oxygen atoms in total. The molecule has 20 heavy (non-hydrogen) atoms. The summed E-state index contributed by atoms with van der Waals surface area (Å²) in [5.74, 6) is -0.431. The first-order valence-electron chi connectivity index (χ1n) is 6.43. The molecule has 2 rings (SSSR count). The summed E-state index contributed by atoms with van der Waals surface area (Å²) in [5, 5.41) is 6.52. The average molecular weight is 291 g/mol. The Hall–Kier alpha value is -1.57. The van der Waals surface area contributed by atoms with Gasteiger partial charge in [-0.15, -0.1) is 0 Å². The first kappa shape index (κ1) is 14.8. The third-order valence-corrected chi connectivity index (χ3v) is 3.17. The standard InChI is InChI=1S/C12H16F3N3O2/c1-2-3-9-8(6-16-17-9)11(19)18-4-5-20-10(7-18)12(13,14)15/h6,10H,2-5,7H2,1H3,(H,16,17)/t10-/m0/s1. The van der Waals surface area contributed by atoms with Crippen molar-refractivity contribution < 1.29 is 22.7 Å². The van der Waals surface area contributed by atoms with Gasteiger partial charge in [-0.1, -0.05) is 13.3 Å². The Morgan fingerprint density at radius 1 is 1.60 bits per heavy atom. The number of nitrogens with one attached hydrogen (secondary N) is 1. The van der Waals surface area contributed by atoms with Crippen molar-refractivity contribution >= 4 is 5.91 Å². The van der Waals surface area contributed by atoms with E-state index in [9.17, 15) is 18.0 Å². The van der Waals surface area contributed by atoms with E-state index in [4.69, 9.17) is 0 Å². The molecule has 1 amide bonds. The smallest absolute Gasteiger partial charge is 0.365 e. The molecular weight excluding hydrogens is 275 g/mol. The van der Waals surface area contributed by atoms with Crippen LogP contribution in [-0.4, -0.2) is 53.0 Å². The van der Waals surface area contributed by atoms with Gasteiger partial charge in [-0.25, -0.2) is 0 Å². The van der Waals surface area contributed by atoms with Gasteiger partial charge in [0.1, 0.15) is 0 Å². The summed E-state index contributed by atoms with van der Waals surface area (Å²) >= 11 is 0. The maximum Gasteiger partial charge on any atom is 0.416 e. The zero-order valence-electron chi connectivity index (χ0n) is 11.0. The number of aromatic nitrogens is 2. The Kier molecular flexibility index (Phi) is 4.32. The number of aromatic amines is 1. The Bertz CT molecular complexity index is 473. The number of hydrogen-bond acceptors (Lipinski definition) is 3. The average Bonchev–Trinajstić information content (AvgIpc) is 2.86. The number of carbonyl (C=O) groups excluding carboxylic acids is 1. The van der Waals surface area contributed by atoms with Gasteiger partial charge in [0.25, 0.3) is 5.91 Å². The van der Waals surface area contributed by atoms with Gasteiger partial charge in [-0.2, -0.15) is 18.3 Å². The van der Waals surface area contributed by atoms with E-state index in [1.165, 1.54) is 11.1 Å². The summed E-state index contributed by atoms with van der Waals surface area (Å²) < 4.78 is 42.6. The predicted octanol–water partition coefficient (Wildman–Crippen LogP) is 1.77. The number of hydrogen-bond donors (Lipinski definition) is 1. The summed E-state index contributed by atoms with van der Waals surface area (Å²) in [6.07, 6.45) is -3.56. The molecule has 1 aromatic heterocycles. The number of aryl methyl sites for hydroxylation is 1. The second kappa shape index (κ2) is 5.82. The molecule has 0 bridgehead atoms. The minimum Gasteiger partial charge on any atom is -0.365 e. The number of amides is 1. The molecule has 1 aliphatic heterocycles. The second-order valence-corrected chi connectivity index (χ2v) is 4.66. The van der Waals surface area contributed by atoms with Crippen LogP contribution in [0.3, 0.4) is 0 Å². The number of rotatable bonds is 3. The molecule has 1 N–H and O–H groups in total. The molecule has 2 heterocycles. The molecule has 0 unspecified atom stereocenters. The minimum atomic E-state index is -4.46. The highest BCUT2D eigenvalue weighted by Crippen LogP contribution is 2.26. The van der Waals surface area contributed by atoms with Crippen molar-refractivity contribution in [3.63, 3.8) is 0 Å². The van der Waals surface area contributed by atoms with Crippen LogP contribution in [0, 0.1) is 0 Å². The lowest BCUT2D eigenvalue weighted by molar-refractivity contribution is -0.233. The number of ether oxygens (including phenoxy) is 1. The van der Waals surface area contributed by atoms with Crippen LogP contribution in [0.5, 0.6) is 0 Å². The van der Waals surface area contributed by atoms with Gasteiger partial charge >= 0.3 is 6.18 Å². The van der Waals surface area contributed by atoms with Crippen molar-refractivity contribution in [2.75, 3.05) is 19.7 Å². The molecule has 0 spiro atoms. The van der Waals surface area contributed by atoms with Crippen molar-refractivity contribution in [2.24, 2.45) is 0 Å². The fraction of sp³-hybridized carbons (Fsp3) is 0.667. The molecule has 0 saturated carbocycles. The van der Waals surface area contributed by atoms with E-state index in [1.54, 1.807) is 0 Å². The van der Waals surface area contributed by atoms with E-state index in [1.807, 2.05) is 6.92 Å². The molecular formula is C12H16F3N3O2. The molecule has 112 valence electrons. The molecule has 0 radical (unpaired) electrons. The van der Waals surface area contributed by atoms with Gasteiger partial charge in [-0.3, -0.25) is 9.89 Å². The molecule has 1 aromatic rings. The van der Waals surface area contributed by atoms with E-state index >= 15 is 0 Å². The fourth-order valence-corrected chi connectivity index (χ4v) is 2.14. The second-order valence-electron chi connectivity index (χ2n) is 4.66. The maximum absolute atomic E-state index is 12.6. The predicted molar refractivity (Wildman–Crippen MR) is 64.3 cm³/mol. The molecule has 1 fully saturated rings. The quantitative estimate of drug-likeness (QED) is 0.923.